The summed E-state index contributed by atoms with van der Waals surface area (Å²) in [7, 11) is 6.20. The second kappa shape index (κ2) is 6.68. The standard InChI is InChI=1S/C23H30N2OSi/c1-15(2)11-16-12-18(25(5)6)14-21-22(16)23(26)19-10-9-17(24(3)4)13-20(19)27(21,7)8/h9-14H,1-8H3. The molecule has 4 heteroatoms. The molecule has 2 aromatic carbocycles. The summed E-state index contributed by atoms with van der Waals surface area (Å²) in [6.07, 6.45) is 2.15. The number of anilines is 2. The van der Waals surface area contributed by atoms with E-state index in [0.29, 0.717) is 0 Å². The minimum atomic E-state index is -2.01. The van der Waals surface area contributed by atoms with Crippen molar-refractivity contribution in [3.8, 4) is 0 Å². The Morgan fingerprint density at radius 2 is 1.48 bits per heavy atom. The van der Waals surface area contributed by atoms with Crippen LogP contribution >= 0.6 is 0 Å². The number of fused-ring (bicyclic) bond motifs is 2. The van der Waals surface area contributed by atoms with Crippen LogP contribution in [0.1, 0.15) is 35.3 Å². The Kier molecular flexibility index (Phi) is 4.81. The molecule has 0 radical (unpaired) electrons. The van der Waals surface area contributed by atoms with E-state index in [1.807, 2.05) is 20.2 Å². The Balaban J connectivity index is 2.36. The van der Waals surface area contributed by atoms with Gasteiger partial charge in [-0.25, -0.2) is 0 Å². The Morgan fingerprint density at radius 3 is 2.04 bits per heavy atom. The van der Waals surface area contributed by atoms with Crippen molar-refractivity contribution in [2.24, 2.45) is 0 Å². The summed E-state index contributed by atoms with van der Waals surface area (Å²) in [5.74, 6) is 0.162. The first-order valence-electron chi connectivity index (χ1n) is 9.41. The van der Waals surface area contributed by atoms with Crippen molar-refractivity contribution in [3.05, 3.63) is 52.6 Å². The lowest BCUT2D eigenvalue weighted by atomic mass is 9.95. The lowest BCUT2D eigenvalue weighted by Gasteiger charge is -2.35. The van der Waals surface area contributed by atoms with Gasteiger partial charge >= 0.3 is 0 Å². The summed E-state index contributed by atoms with van der Waals surface area (Å²) in [6, 6.07) is 10.7. The molecule has 0 amide bonds. The summed E-state index contributed by atoms with van der Waals surface area (Å²) in [6.45, 7) is 8.90. The van der Waals surface area contributed by atoms with Crippen LogP contribution in [0.25, 0.3) is 6.08 Å². The fraction of sp³-hybridized carbons (Fsp3) is 0.348. The van der Waals surface area contributed by atoms with Crippen LogP contribution in [-0.4, -0.2) is 42.0 Å². The molecule has 0 saturated carbocycles. The smallest absolute Gasteiger partial charge is 0.193 e. The Hall–Kier alpha value is -2.33. The van der Waals surface area contributed by atoms with Crippen LogP contribution in [0.2, 0.25) is 13.1 Å². The van der Waals surface area contributed by atoms with Gasteiger partial charge in [0, 0.05) is 50.7 Å². The lowest BCUT2D eigenvalue weighted by molar-refractivity contribution is 0.104. The van der Waals surface area contributed by atoms with Crippen molar-refractivity contribution >= 4 is 41.7 Å². The molecule has 2 aromatic rings. The van der Waals surface area contributed by atoms with Crippen molar-refractivity contribution in [3.63, 3.8) is 0 Å². The van der Waals surface area contributed by atoms with Crippen LogP contribution < -0.4 is 20.2 Å². The maximum atomic E-state index is 13.5. The predicted molar refractivity (Wildman–Crippen MR) is 121 cm³/mol. The molecule has 0 fully saturated rings. The molecule has 1 aliphatic heterocycles. The number of benzene rings is 2. The van der Waals surface area contributed by atoms with Gasteiger partial charge in [0.2, 0.25) is 0 Å². The highest BCUT2D eigenvalue weighted by Gasteiger charge is 2.40. The van der Waals surface area contributed by atoms with Gasteiger partial charge in [-0.15, -0.1) is 0 Å². The lowest BCUT2D eigenvalue weighted by Crippen LogP contribution is -2.60. The summed E-state index contributed by atoms with van der Waals surface area (Å²) in [5, 5.41) is 2.49. The third kappa shape index (κ3) is 3.23. The average Bonchev–Trinajstić information content (AvgIpc) is 2.58. The monoisotopic (exact) mass is 378 g/mol. The van der Waals surface area contributed by atoms with E-state index in [-0.39, 0.29) is 5.78 Å². The molecule has 1 heterocycles. The largest absolute Gasteiger partial charge is 0.378 e. The first kappa shape index (κ1) is 19.4. The third-order valence-electron chi connectivity index (χ3n) is 5.45. The molecule has 0 N–H and O–H groups in total. The third-order valence-corrected chi connectivity index (χ3v) is 8.95. The van der Waals surface area contributed by atoms with E-state index in [1.54, 1.807) is 0 Å². The van der Waals surface area contributed by atoms with E-state index in [0.717, 1.165) is 28.1 Å². The zero-order valence-corrected chi connectivity index (χ0v) is 18.8. The van der Waals surface area contributed by atoms with Gasteiger partial charge in [0.1, 0.15) is 8.07 Å². The summed E-state index contributed by atoms with van der Waals surface area (Å²) in [4.78, 5) is 17.8. The van der Waals surface area contributed by atoms with Crippen molar-refractivity contribution < 1.29 is 4.79 Å². The van der Waals surface area contributed by atoms with Crippen LogP contribution in [0.4, 0.5) is 11.4 Å². The topological polar surface area (TPSA) is 23.6 Å². The maximum Gasteiger partial charge on any atom is 0.193 e. The number of allylic oxidation sites excluding steroid dienone is 1. The van der Waals surface area contributed by atoms with E-state index in [1.165, 1.54) is 15.9 Å². The number of carbonyl (C=O) groups is 1. The van der Waals surface area contributed by atoms with Crippen molar-refractivity contribution in [1.82, 2.24) is 0 Å². The van der Waals surface area contributed by atoms with Crippen molar-refractivity contribution in [2.75, 3.05) is 38.0 Å². The van der Waals surface area contributed by atoms with Crippen LogP contribution in [0, 0.1) is 0 Å². The first-order chi connectivity index (χ1) is 12.5. The number of rotatable bonds is 3. The number of ketones is 1. The Morgan fingerprint density at radius 1 is 0.889 bits per heavy atom. The first-order valence-corrected chi connectivity index (χ1v) is 12.4. The normalized spacial score (nSPS) is 14.3. The van der Waals surface area contributed by atoms with E-state index < -0.39 is 8.07 Å². The second-order valence-electron chi connectivity index (χ2n) is 8.65. The molecule has 142 valence electrons. The summed E-state index contributed by atoms with van der Waals surface area (Å²) >= 11 is 0. The molecule has 0 saturated heterocycles. The van der Waals surface area contributed by atoms with Gasteiger partial charge in [-0.1, -0.05) is 24.7 Å². The number of carbonyl (C=O) groups excluding carboxylic acids is 1. The number of nitrogens with zero attached hydrogens (tertiary/aromatic N) is 2. The highest BCUT2D eigenvalue weighted by Crippen LogP contribution is 2.29. The molecule has 3 rings (SSSR count). The number of hydrogen-bond acceptors (Lipinski definition) is 3. The molecule has 27 heavy (non-hydrogen) atoms. The van der Waals surface area contributed by atoms with Gasteiger partial charge < -0.3 is 9.80 Å². The van der Waals surface area contributed by atoms with Crippen molar-refractivity contribution in [1.29, 1.82) is 0 Å². The van der Waals surface area contributed by atoms with Gasteiger partial charge in [-0.05, 0) is 60.1 Å². The highest BCUT2D eigenvalue weighted by molar-refractivity contribution is 7.02. The molecule has 0 atom stereocenters. The van der Waals surface area contributed by atoms with E-state index in [9.17, 15) is 4.79 Å². The molecule has 0 unspecified atom stereocenters. The van der Waals surface area contributed by atoms with Gasteiger partial charge in [0.05, 0.1) is 0 Å². The fourth-order valence-corrected chi connectivity index (χ4v) is 6.94. The van der Waals surface area contributed by atoms with Gasteiger partial charge in [0.15, 0.2) is 5.78 Å². The van der Waals surface area contributed by atoms with Gasteiger partial charge in [-0.3, -0.25) is 4.79 Å². The van der Waals surface area contributed by atoms with Crippen LogP contribution in [0.3, 0.4) is 0 Å². The minimum absolute atomic E-state index is 0.162. The van der Waals surface area contributed by atoms with Gasteiger partial charge in [0.25, 0.3) is 0 Å². The zero-order chi connectivity index (χ0) is 20.1. The molecule has 0 spiro atoms. The second-order valence-corrected chi connectivity index (χ2v) is 13.0. The van der Waals surface area contributed by atoms with Crippen LogP contribution in [0.5, 0.6) is 0 Å². The summed E-state index contributed by atoms with van der Waals surface area (Å²) < 4.78 is 0. The maximum absolute atomic E-state index is 13.5. The van der Waals surface area contributed by atoms with Gasteiger partial charge in [-0.2, -0.15) is 0 Å². The van der Waals surface area contributed by atoms with Crippen LogP contribution in [-0.2, 0) is 0 Å². The fourth-order valence-electron chi connectivity index (χ4n) is 3.88. The number of hydrogen-bond donors (Lipinski definition) is 0. The summed E-state index contributed by atoms with van der Waals surface area (Å²) in [5.41, 5.74) is 6.34. The Bertz CT molecular complexity index is 951. The minimum Gasteiger partial charge on any atom is -0.378 e. The quantitative estimate of drug-likeness (QED) is 0.763. The predicted octanol–water partition coefficient (Wildman–Crippen LogP) is 3.61. The molecular formula is C23H30N2OSi. The molecule has 0 aliphatic carbocycles. The molecule has 3 nitrogen and oxygen atoms in total. The highest BCUT2D eigenvalue weighted by atomic mass is 28.3. The Labute approximate surface area is 164 Å². The van der Waals surface area contributed by atoms with Crippen molar-refractivity contribution in [2.45, 2.75) is 26.9 Å². The average molecular weight is 379 g/mol. The molecular weight excluding hydrogens is 348 g/mol. The van der Waals surface area contributed by atoms with Crippen LogP contribution in [0.15, 0.2) is 35.9 Å². The molecule has 1 aliphatic rings. The van der Waals surface area contributed by atoms with E-state index >= 15 is 0 Å². The molecule has 0 aromatic heterocycles. The van der Waals surface area contributed by atoms with E-state index in [4.69, 9.17) is 0 Å². The zero-order valence-electron chi connectivity index (χ0n) is 17.8. The van der Waals surface area contributed by atoms with E-state index in [2.05, 4.69) is 81.2 Å². The molecule has 0 bridgehead atoms. The SMILES string of the molecule is CC(C)=Cc1cc(N(C)C)cc2c1C(=O)c1ccc(N(C)C)cc1[Si]2(C)C.